The zero-order valence-corrected chi connectivity index (χ0v) is 57.4. The van der Waals surface area contributed by atoms with E-state index in [1.807, 2.05) is 0 Å². The Morgan fingerprint density at radius 2 is 0.588 bits per heavy atom. The summed E-state index contributed by atoms with van der Waals surface area (Å²) in [6.07, 6.45) is 97.7. The van der Waals surface area contributed by atoms with Crippen LogP contribution in [0, 0.1) is 0 Å². The van der Waals surface area contributed by atoms with E-state index < -0.39 is 12.1 Å². The molecule has 0 heterocycles. The standard InChI is InChI=1S/C79H149NO5/c1-3-5-7-9-11-13-15-17-18-19-42-45-49-53-57-61-65-69-73-79(84)85-74-70-66-62-58-54-50-46-43-40-38-36-34-32-30-28-26-24-22-20-21-23-25-27-29-31-33-35-37-39-41-44-48-52-56-60-64-68-72-78(83)80-76(75-81)77(82)71-67-63-59-55-51-47-16-14-12-10-8-6-4-2/h13,15,18-20,22,26,28,76-77,81-82H,3-12,14,16-17,21,23-25,27,29-75H2,1-2H3,(H,80,83)/b15-13-,19-18-,22-20-,28-26-. The lowest BCUT2D eigenvalue weighted by atomic mass is 10.0. The lowest BCUT2D eigenvalue weighted by Crippen LogP contribution is -2.45. The number of allylic oxidation sites excluding steroid dienone is 8. The summed E-state index contributed by atoms with van der Waals surface area (Å²) in [5, 5.41) is 23.3. The summed E-state index contributed by atoms with van der Waals surface area (Å²) in [5.74, 6) is -0.0187. The van der Waals surface area contributed by atoms with Crippen molar-refractivity contribution >= 4 is 11.9 Å². The van der Waals surface area contributed by atoms with Crippen molar-refractivity contribution in [3.05, 3.63) is 48.6 Å². The molecule has 85 heavy (non-hydrogen) atoms. The number of hydrogen-bond acceptors (Lipinski definition) is 5. The largest absolute Gasteiger partial charge is 0.466 e. The van der Waals surface area contributed by atoms with Gasteiger partial charge >= 0.3 is 5.97 Å². The Hall–Kier alpha value is -2.18. The first-order valence-electron chi connectivity index (χ1n) is 38.4. The van der Waals surface area contributed by atoms with Gasteiger partial charge < -0.3 is 20.3 Å². The van der Waals surface area contributed by atoms with Crippen molar-refractivity contribution in [2.24, 2.45) is 0 Å². The maximum Gasteiger partial charge on any atom is 0.305 e. The Balaban J connectivity index is 3.35. The third-order valence-electron chi connectivity index (χ3n) is 17.9. The van der Waals surface area contributed by atoms with E-state index in [0.717, 1.165) is 57.8 Å². The zero-order chi connectivity index (χ0) is 61.3. The van der Waals surface area contributed by atoms with E-state index in [1.54, 1.807) is 0 Å². The van der Waals surface area contributed by atoms with Gasteiger partial charge in [0.25, 0.3) is 0 Å². The van der Waals surface area contributed by atoms with E-state index in [2.05, 4.69) is 67.8 Å². The van der Waals surface area contributed by atoms with Crippen LogP contribution in [-0.4, -0.2) is 47.4 Å². The minimum Gasteiger partial charge on any atom is -0.466 e. The molecule has 0 saturated carbocycles. The highest BCUT2D eigenvalue weighted by Gasteiger charge is 2.20. The van der Waals surface area contributed by atoms with E-state index >= 15 is 0 Å². The number of unbranched alkanes of at least 4 members (excludes halogenated alkanes) is 53. The molecule has 2 unspecified atom stereocenters. The van der Waals surface area contributed by atoms with Crippen LogP contribution >= 0.6 is 0 Å². The van der Waals surface area contributed by atoms with Gasteiger partial charge in [-0.05, 0) is 89.9 Å². The van der Waals surface area contributed by atoms with E-state index in [4.69, 9.17) is 4.74 Å². The lowest BCUT2D eigenvalue weighted by molar-refractivity contribution is -0.143. The number of carbonyl (C=O) groups is 2. The fourth-order valence-electron chi connectivity index (χ4n) is 12.0. The predicted molar refractivity (Wildman–Crippen MR) is 375 cm³/mol. The molecule has 6 heteroatoms. The number of rotatable bonds is 72. The molecule has 2 atom stereocenters. The molecule has 0 saturated heterocycles. The number of aliphatic hydroxyl groups is 2. The van der Waals surface area contributed by atoms with Crippen molar-refractivity contribution in [1.29, 1.82) is 0 Å². The maximum absolute atomic E-state index is 12.5. The van der Waals surface area contributed by atoms with Crippen molar-refractivity contribution in [3.63, 3.8) is 0 Å². The van der Waals surface area contributed by atoms with Gasteiger partial charge in [0.15, 0.2) is 0 Å². The molecule has 0 radical (unpaired) electrons. The Morgan fingerprint density at radius 3 is 0.906 bits per heavy atom. The first-order valence-corrected chi connectivity index (χ1v) is 38.4. The van der Waals surface area contributed by atoms with Gasteiger partial charge in [-0.25, -0.2) is 0 Å². The van der Waals surface area contributed by atoms with Gasteiger partial charge in [-0.2, -0.15) is 0 Å². The molecule has 1 amide bonds. The number of carbonyl (C=O) groups excluding carboxylic acids is 2. The summed E-state index contributed by atoms with van der Waals surface area (Å²) in [5.41, 5.74) is 0. The molecule has 0 bridgehead atoms. The summed E-state index contributed by atoms with van der Waals surface area (Å²) >= 11 is 0. The Bertz CT molecular complexity index is 1420. The highest BCUT2D eigenvalue weighted by atomic mass is 16.5. The molecule has 0 aliphatic rings. The normalized spacial score (nSPS) is 12.8. The van der Waals surface area contributed by atoms with E-state index in [9.17, 15) is 19.8 Å². The van der Waals surface area contributed by atoms with Crippen molar-refractivity contribution in [1.82, 2.24) is 5.32 Å². The number of esters is 1. The second-order valence-corrected chi connectivity index (χ2v) is 26.3. The van der Waals surface area contributed by atoms with E-state index in [1.165, 1.54) is 327 Å². The van der Waals surface area contributed by atoms with Crippen molar-refractivity contribution in [2.75, 3.05) is 13.2 Å². The molecule has 0 aromatic heterocycles. The molecule has 0 aliphatic heterocycles. The van der Waals surface area contributed by atoms with Crippen molar-refractivity contribution < 1.29 is 24.5 Å². The van der Waals surface area contributed by atoms with E-state index in [-0.39, 0.29) is 18.5 Å². The number of nitrogens with one attached hydrogen (secondary N) is 1. The van der Waals surface area contributed by atoms with Gasteiger partial charge in [0.2, 0.25) is 5.91 Å². The minimum absolute atomic E-state index is 0.0117. The average Bonchev–Trinajstić information content (AvgIpc) is 3.50. The topological polar surface area (TPSA) is 95.9 Å². The molecule has 500 valence electrons. The van der Waals surface area contributed by atoms with Crippen molar-refractivity contribution in [3.8, 4) is 0 Å². The Kier molecular flexibility index (Phi) is 72.4. The molecule has 0 spiro atoms. The highest BCUT2D eigenvalue weighted by Crippen LogP contribution is 2.19. The zero-order valence-electron chi connectivity index (χ0n) is 57.4. The van der Waals surface area contributed by atoms with Crippen LogP contribution in [0.1, 0.15) is 418 Å². The van der Waals surface area contributed by atoms with Crippen LogP contribution in [0.5, 0.6) is 0 Å². The number of ether oxygens (including phenoxy) is 1. The second kappa shape index (κ2) is 74.3. The highest BCUT2D eigenvalue weighted by molar-refractivity contribution is 5.76. The Morgan fingerprint density at radius 1 is 0.329 bits per heavy atom. The number of amides is 1. The summed E-state index contributed by atoms with van der Waals surface area (Å²) in [4.78, 5) is 24.6. The Labute approximate surface area is 531 Å². The predicted octanol–water partition coefficient (Wildman–Crippen LogP) is 25.2. The van der Waals surface area contributed by atoms with Crippen LogP contribution in [0.4, 0.5) is 0 Å². The monoisotopic (exact) mass is 1190 g/mol. The average molecular weight is 1190 g/mol. The second-order valence-electron chi connectivity index (χ2n) is 26.3. The third-order valence-corrected chi connectivity index (χ3v) is 17.9. The first kappa shape index (κ1) is 82.8. The third kappa shape index (κ3) is 70.8. The fraction of sp³-hybridized carbons (Fsp3) is 0.873. The van der Waals surface area contributed by atoms with Gasteiger partial charge in [0, 0.05) is 12.8 Å². The van der Waals surface area contributed by atoms with Crippen LogP contribution < -0.4 is 5.32 Å². The van der Waals surface area contributed by atoms with Crippen LogP contribution in [0.15, 0.2) is 48.6 Å². The van der Waals surface area contributed by atoms with Gasteiger partial charge in [-0.3, -0.25) is 9.59 Å². The van der Waals surface area contributed by atoms with Crippen LogP contribution in [0.2, 0.25) is 0 Å². The summed E-state index contributed by atoms with van der Waals surface area (Å²) < 4.78 is 5.51. The number of hydrogen-bond donors (Lipinski definition) is 3. The maximum atomic E-state index is 12.5. The molecule has 0 aliphatic carbocycles. The minimum atomic E-state index is -0.662. The van der Waals surface area contributed by atoms with Crippen LogP contribution in [-0.2, 0) is 14.3 Å². The number of aliphatic hydroxyl groups excluding tert-OH is 2. The summed E-state index contributed by atoms with van der Waals surface area (Å²) in [6.45, 7) is 4.96. The molecule has 0 aromatic carbocycles. The molecular weight excluding hydrogens is 1040 g/mol. The van der Waals surface area contributed by atoms with Gasteiger partial charge in [0.05, 0.1) is 25.4 Å². The van der Waals surface area contributed by atoms with Crippen molar-refractivity contribution in [2.45, 2.75) is 431 Å². The summed E-state index contributed by atoms with van der Waals surface area (Å²) in [6, 6.07) is -0.539. The molecule has 0 aromatic rings. The van der Waals surface area contributed by atoms with Crippen LogP contribution in [0.3, 0.4) is 0 Å². The molecule has 6 nitrogen and oxygen atoms in total. The van der Waals surface area contributed by atoms with Gasteiger partial charge in [-0.15, -0.1) is 0 Å². The smallest absolute Gasteiger partial charge is 0.305 e. The molecule has 3 N–H and O–H groups in total. The SMILES string of the molecule is CCCCCC/C=C\C/C=C\CCCCCCCCCC(=O)OCCCCCCCCCCCCCCC/C=C\C/C=C\CCCCCCCCCCCCCCCCCCCC(=O)NC(CO)C(O)CCCCCCCCCCCCCCC. The first-order chi connectivity index (χ1) is 42.0. The van der Waals surface area contributed by atoms with Gasteiger partial charge in [-0.1, -0.05) is 364 Å². The van der Waals surface area contributed by atoms with Crippen LogP contribution in [0.25, 0.3) is 0 Å². The lowest BCUT2D eigenvalue weighted by Gasteiger charge is -2.22. The molecule has 0 rings (SSSR count). The molecule has 0 fully saturated rings. The van der Waals surface area contributed by atoms with E-state index in [0.29, 0.717) is 25.9 Å². The molecular formula is C79H149NO5. The van der Waals surface area contributed by atoms with Gasteiger partial charge in [0.1, 0.15) is 0 Å². The summed E-state index contributed by atoms with van der Waals surface area (Å²) in [7, 11) is 0. The quantitative estimate of drug-likeness (QED) is 0.0320. The fourth-order valence-corrected chi connectivity index (χ4v) is 12.0.